The van der Waals surface area contributed by atoms with Gasteiger partial charge in [-0.1, -0.05) is 29.8 Å². The van der Waals surface area contributed by atoms with Crippen molar-refractivity contribution < 1.29 is 4.79 Å². The highest BCUT2D eigenvalue weighted by Gasteiger charge is 2.23. The van der Waals surface area contributed by atoms with E-state index in [0.717, 1.165) is 37.0 Å². The first-order chi connectivity index (χ1) is 16.2. The summed E-state index contributed by atoms with van der Waals surface area (Å²) in [7, 11) is 4.33. The first-order valence-corrected chi connectivity index (χ1v) is 11.5. The largest absolute Gasteiger partial charge is 0.352 e. The van der Waals surface area contributed by atoms with Crippen LogP contribution in [-0.4, -0.2) is 44.1 Å². The predicted molar refractivity (Wildman–Crippen MR) is 131 cm³/mol. The van der Waals surface area contributed by atoms with Gasteiger partial charge >= 0.3 is 5.69 Å². The minimum atomic E-state index is -0.594. The molecule has 1 aliphatic heterocycles. The Balaban J connectivity index is 1.46. The number of hydrogen-bond acceptors (Lipinski definition) is 5. The summed E-state index contributed by atoms with van der Waals surface area (Å²) in [6, 6.07) is 9.76. The smallest absolute Gasteiger partial charge is 0.332 e. The van der Waals surface area contributed by atoms with Gasteiger partial charge in [-0.25, -0.2) is 4.79 Å². The van der Waals surface area contributed by atoms with Crippen LogP contribution in [0, 0.1) is 12.8 Å². The molecule has 1 aromatic carbocycles. The summed E-state index contributed by atoms with van der Waals surface area (Å²) in [5, 5.41) is 2.98. The van der Waals surface area contributed by atoms with Crippen molar-refractivity contribution in [1.29, 1.82) is 0 Å². The summed E-state index contributed by atoms with van der Waals surface area (Å²) in [6.07, 6.45) is 1.92. The number of rotatable bonds is 5. The third-order valence-electron chi connectivity index (χ3n) is 6.85. The van der Waals surface area contributed by atoms with Gasteiger partial charge in [0.1, 0.15) is 5.65 Å². The minimum Gasteiger partial charge on any atom is -0.352 e. The fourth-order valence-corrected chi connectivity index (χ4v) is 4.67. The van der Waals surface area contributed by atoms with Crippen LogP contribution in [0.3, 0.4) is 0 Å². The van der Waals surface area contributed by atoms with Crippen molar-refractivity contribution in [3.8, 4) is 0 Å². The van der Waals surface area contributed by atoms with E-state index in [0.29, 0.717) is 12.5 Å². The number of aryl methyl sites for hydroxylation is 3. The van der Waals surface area contributed by atoms with Gasteiger partial charge in [0.15, 0.2) is 0 Å². The molecule has 2 aromatic heterocycles. The SMILES string of the molecule is Cc1ccc(CN2CCC(CNC(=O)c3cc(=O)n(C)c4c3c(=O)n(C)c(=O)n4C)CC2)cc1. The Kier molecular flexibility index (Phi) is 6.56. The molecule has 3 aromatic rings. The van der Waals surface area contributed by atoms with Crippen LogP contribution < -0.4 is 22.1 Å². The first kappa shape index (κ1) is 23.7. The van der Waals surface area contributed by atoms with Crippen LogP contribution in [0.5, 0.6) is 0 Å². The van der Waals surface area contributed by atoms with Gasteiger partial charge in [0.05, 0.1) is 10.9 Å². The molecule has 0 aliphatic carbocycles. The van der Waals surface area contributed by atoms with Crippen molar-refractivity contribution in [3.05, 3.63) is 78.2 Å². The molecule has 180 valence electrons. The molecule has 9 nitrogen and oxygen atoms in total. The molecule has 0 spiro atoms. The monoisotopic (exact) mass is 465 g/mol. The molecule has 0 bridgehead atoms. The maximum Gasteiger partial charge on any atom is 0.332 e. The summed E-state index contributed by atoms with van der Waals surface area (Å²) >= 11 is 0. The zero-order chi connectivity index (χ0) is 24.6. The van der Waals surface area contributed by atoms with Gasteiger partial charge in [-0.3, -0.25) is 33.0 Å². The van der Waals surface area contributed by atoms with Gasteiger partial charge in [0.25, 0.3) is 17.0 Å². The highest BCUT2D eigenvalue weighted by Crippen LogP contribution is 2.19. The summed E-state index contributed by atoms with van der Waals surface area (Å²) in [5.41, 5.74) is 1.09. The Bertz CT molecular complexity index is 1410. The van der Waals surface area contributed by atoms with Crippen molar-refractivity contribution in [1.82, 2.24) is 23.9 Å². The molecule has 1 amide bonds. The first-order valence-electron chi connectivity index (χ1n) is 11.5. The van der Waals surface area contributed by atoms with Crippen molar-refractivity contribution >= 4 is 16.9 Å². The molecule has 1 N–H and O–H groups in total. The lowest BCUT2D eigenvalue weighted by molar-refractivity contribution is 0.0936. The van der Waals surface area contributed by atoms with Crippen molar-refractivity contribution in [3.63, 3.8) is 0 Å². The Labute approximate surface area is 197 Å². The number of piperidine rings is 1. The summed E-state index contributed by atoms with van der Waals surface area (Å²) < 4.78 is 3.39. The van der Waals surface area contributed by atoms with Crippen molar-refractivity contribution in [2.75, 3.05) is 19.6 Å². The zero-order valence-corrected chi connectivity index (χ0v) is 20.1. The van der Waals surface area contributed by atoms with E-state index in [1.165, 1.54) is 47.5 Å². The normalized spacial score (nSPS) is 15.1. The minimum absolute atomic E-state index is 0.00565. The number of nitrogens with one attached hydrogen (secondary N) is 1. The Morgan fingerprint density at radius 1 is 0.971 bits per heavy atom. The van der Waals surface area contributed by atoms with Crippen LogP contribution in [0.4, 0.5) is 0 Å². The van der Waals surface area contributed by atoms with E-state index < -0.39 is 22.7 Å². The molecule has 1 aliphatic rings. The van der Waals surface area contributed by atoms with E-state index in [1.54, 1.807) is 0 Å². The number of amides is 1. The van der Waals surface area contributed by atoms with Crippen LogP contribution in [0.2, 0.25) is 0 Å². The predicted octanol–water partition coefficient (Wildman–Crippen LogP) is 0.886. The number of fused-ring (bicyclic) bond motifs is 1. The van der Waals surface area contributed by atoms with E-state index in [1.807, 2.05) is 0 Å². The Morgan fingerprint density at radius 3 is 2.26 bits per heavy atom. The van der Waals surface area contributed by atoms with Gasteiger partial charge in [0.2, 0.25) is 0 Å². The quantitative estimate of drug-likeness (QED) is 0.603. The fraction of sp³-hybridized carbons (Fsp3) is 0.440. The number of carbonyl (C=O) groups excluding carboxylic acids is 1. The van der Waals surface area contributed by atoms with Crippen LogP contribution in [0.25, 0.3) is 11.0 Å². The number of hydrogen-bond donors (Lipinski definition) is 1. The molecule has 0 atom stereocenters. The van der Waals surface area contributed by atoms with Crippen molar-refractivity contribution in [2.24, 2.45) is 27.1 Å². The van der Waals surface area contributed by atoms with E-state index in [9.17, 15) is 19.2 Å². The number of pyridine rings is 1. The molecule has 1 fully saturated rings. The summed E-state index contributed by atoms with van der Waals surface area (Å²) in [5.74, 6) is -0.149. The third kappa shape index (κ3) is 4.48. The molecule has 3 heterocycles. The topological polar surface area (TPSA) is 98.3 Å². The molecule has 0 unspecified atom stereocenters. The lowest BCUT2D eigenvalue weighted by atomic mass is 9.96. The third-order valence-corrected chi connectivity index (χ3v) is 6.85. The van der Waals surface area contributed by atoms with E-state index >= 15 is 0 Å². The lowest BCUT2D eigenvalue weighted by Crippen LogP contribution is -2.42. The second kappa shape index (κ2) is 9.42. The van der Waals surface area contributed by atoms with E-state index in [2.05, 4.69) is 41.4 Å². The molecule has 0 saturated carbocycles. The van der Waals surface area contributed by atoms with Crippen LogP contribution in [0.1, 0.15) is 34.3 Å². The molecule has 34 heavy (non-hydrogen) atoms. The maximum atomic E-state index is 13.1. The van der Waals surface area contributed by atoms with Crippen LogP contribution in [-0.2, 0) is 27.7 Å². The van der Waals surface area contributed by atoms with Crippen LogP contribution in [0.15, 0.2) is 44.7 Å². The van der Waals surface area contributed by atoms with Gasteiger partial charge in [-0.15, -0.1) is 0 Å². The average molecular weight is 466 g/mol. The number of nitrogens with zero attached hydrogens (tertiary/aromatic N) is 4. The molecule has 0 radical (unpaired) electrons. The van der Waals surface area contributed by atoms with Crippen molar-refractivity contribution in [2.45, 2.75) is 26.3 Å². The van der Waals surface area contributed by atoms with Gasteiger partial charge in [-0.05, 0) is 44.3 Å². The standard InChI is InChI=1S/C25H31N5O4/c1-16-5-7-18(8-6-16)15-30-11-9-17(10-12-30)14-26-22(32)19-13-20(31)27(2)23-21(19)24(33)29(4)25(34)28(23)3/h5-8,13,17H,9-12,14-15H2,1-4H3,(H,26,32). The average Bonchev–Trinajstić information content (AvgIpc) is 2.83. The number of benzene rings is 1. The summed E-state index contributed by atoms with van der Waals surface area (Å²) in [4.78, 5) is 53.1. The highest BCUT2D eigenvalue weighted by molar-refractivity contribution is 6.05. The van der Waals surface area contributed by atoms with Crippen LogP contribution >= 0.6 is 0 Å². The van der Waals surface area contributed by atoms with E-state index in [4.69, 9.17) is 0 Å². The Hall–Kier alpha value is -3.46. The second-order valence-electron chi connectivity index (χ2n) is 9.27. The van der Waals surface area contributed by atoms with Gasteiger partial charge in [-0.2, -0.15) is 0 Å². The maximum absolute atomic E-state index is 13.1. The highest BCUT2D eigenvalue weighted by atomic mass is 16.2. The lowest BCUT2D eigenvalue weighted by Gasteiger charge is -2.32. The van der Waals surface area contributed by atoms with E-state index in [-0.39, 0.29) is 16.6 Å². The second-order valence-corrected chi connectivity index (χ2v) is 9.27. The zero-order valence-electron chi connectivity index (χ0n) is 20.1. The molecular weight excluding hydrogens is 434 g/mol. The number of likely N-dealkylation sites (tertiary alicyclic amines) is 1. The number of carbonyl (C=O) groups is 1. The molecular formula is C25H31N5O4. The number of aromatic nitrogens is 3. The summed E-state index contributed by atoms with van der Waals surface area (Å²) in [6.45, 7) is 5.37. The molecule has 1 saturated heterocycles. The van der Waals surface area contributed by atoms with Gasteiger partial charge < -0.3 is 5.32 Å². The molecule has 4 rings (SSSR count). The van der Waals surface area contributed by atoms with Gasteiger partial charge in [0, 0.05) is 40.3 Å². The molecule has 9 heteroatoms. The Morgan fingerprint density at radius 2 is 1.62 bits per heavy atom. The fourth-order valence-electron chi connectivity index (χ4n) is 4.67.